The molecule has 2 aliphatic rings. The Hall–Kier alpha value is -2.39. The molecule has 0 aliphatic heterocycles. The van der Waals surface area contributed by atoms with E-state index in [9.17, 15) is 5.11 Å². The van der Waals surface area contributed by atoms with Gasteiger partial charge in [-0.1, -0.05) is 73.9 Å². The molecule has 3 heteroatoms. The molecule has 152 valence electrons. The van der Waals surface area contributed by atoms with Crippen molar-refractivity contribution in [1.29, 1.82) is 0 Å². The van der Waals surface area contributed by atoms with E-state index in [0.717, 1.165) is 16.7 Å². The van der Waals surface area contributed by atoms with E-state index in [1.165, 1.54) is 32.1 Å². The number of hydrogen-bond donors (Lipinski definition) is 1. The van der Waals surface area contributed by atoms with E-state index < -0.39 is 0 Å². The van der Waals surface area contributed by atoms with E-state index in [-0.39, 0.29) is 12.0 Å². The number of pyridine rings is 1. The average molecular weight is 390 g/mol. The van der Waals surface area contributed by atoms with Crippen molar-refractivity contribution < 1.29 is 9.84 Å². The molecule has 1 aromatic carbocycles. The van der Waals surface area contributed by atoms with Crippen LogP contribution in [0.2, 0.25) is 0 Å². The Morgan fingerprint density at radius 3 is 2.59 bits per heavy atom. The minimum Gasteiger partial charge on any atom is -0.481 e. The predicted octanol–water partition coefficient (Wildman–Crippen LogP) is 5.70. The number of rotatable bonds is 6. The summed E-state index contributed by atoms with van der Waals surface area (Å²) in [5, 5.41) is 10.1. The van der Waals surface area contributed by atoms with Crippen LogP contribution in [0.3, 0.4) is 0 Å². The second-order valence-electron chi connectivity index (χ2n) is 8.33. The standard InChI is InChI=1S/C26H31NO2/c1-29-25-24(18-22(19-27-25)20-10-4-2-5-11-20)26(16-17-28)15-9-8-14-23(26)21-12-6-3-7-13-21/h2,4-5,8-11,14-15,18-19,21,23,28H,3,6-7,12-13,16-17H2,1H3. The monoisotopic (exact) mass is 389 g/mol. The smallest absolute Gasteiger partial charge is 0.217 e. The van der Waals surface area contributed by atoms with Crippen molar-refractivity contribution in [2.45, 2.75) is 43.9 Å². The van der Waals surface area contributed by atoms with Crippen LogP contribution in [0.5, 0.6) is 5.88 Å². The molecule has 2 atom stereocenters. The normalized spacial score (nSPS) is 24.6. The van der Waals surface area contributed by atoms with Crippen molar-refractivity contribution in [2.75, 3.05) is 13.7 Å². The van der Waals surface area contributed by atoms with Crippen LogP contribution in [0.4, 0.5) is 0 Å². The molecular weight excluding hydrogens is 358 g/mol. The highest BCUT2D eigenvalue weighted by molar-refractivity contribution is 5.65. The van der Waals surface area contributed by atoms with Gasteiger partial charge in [0, 0.05) is 29.3 Å². The maximum Gasteiger partial charge on any atom is 0.217 e. The zero-order valence-corrected chi connectivity index (χ0v) is 17.3. The molecule has 29 heavy (non-hydrogen) atoms. The number of allylic oxidation sites excluding steroid dienone is 4. The first-order valence-corrected chi connectivity index (χ1v) is 10.9. The van der Waals surface area contributed by atoms with Crippen LogP contribution < -0.4 is 4.74 Å². The quantitative estimate of drug-likeness (QED) is 0.689. The van der Waals surface area contributed by atoms with E-state index in [4.69, 9.17) is 9.72 Å². The Labute approximate surface area is 174 Å². The Balaban J connectivity index is 1.84. The van der Waals surface area contributed by atoms with Crippen LogP contribution in [0.15, 0.2) is 66.9 Å². The number of nitrogens with zero attached hydrogens (tertiary/aromatic N) is 1. The molecule has 0 saturated heterocycles. The summed E-state index contributed by atoms with van der Waals surface area (Å²) >= 11 is 0. The summed E-state index contributed by atoms with van der Waals surface area (Å²) < 4.78 is 5.75. The Kier molecular flexibility index (Phi) is 6.15. The summed E-state index contributed by atoms with van der Waals surface area (Å²) in [6, 6.07) is 12.6. The second kappa shape index (κ2) is 8.96. The molecule has 0 amide bonds. The number of aliphatic hydroxyl groups excluding tert-OH is 1. The highest BCUT2D eigenvalue weighted by atomic mass is 16.5. The van der Waals surface area contributed by atoms with Gasteiger partial charge in [-0.2, -0.15) is 0 Å². The Morgan fingerprint density at radius 2 is 1.86 bits per heavy atom. The van der Waals surface area contributed by atoms with Gasteiger partial charge in [-0.25, -0.2) is 4.98 Å². The second-order valence-corrected chi connectivity index (χ2v) is 8.33. The Bertz CT molecular complexity index is 868. The van der Waals surface area contributed by atoms with E-state index in [0.29, 0.717) is 24.1 Å². The van der Waals surface area contributed by atoms with Crippen LogP contribution >= 0.6 is 0 Å². The number of aliphatic hydroxyl groups is 1. The maximum absolute atomic E-state index is 10.1. The molecule has 3 nitrogen and oxygen atoms in total. The average Bonchev–Trinajstić information content (AvgIpc) is 2.80. The maximum atomic E-state index is 10.1. The van der Waals surface area contributed by atoms with Crippen LogP contribution in [0.1, 0.15) is 44.1 Å². The summed E-state index contributed by atoms with van der Waals surface area (Å²) in [5.74, 6) is 1.64. The molecule has 2 aromatic rings. The van der Waals surface area contributed by atoms with Gasteiger partial charge in [-0.3, -0.25) is 0 Å². The number of ether oxygens (including phenoxy) is 1. The third-order valence-corrected chi connectivity index (χ3v) is 6.75. The van der Waals surface area contributed by atoms with Gasteiger partial charge in [0.15, 0.2) is 0 Å². The number of methoxy groups -OCH3 is 1. The molecule has 1 heterocycles. The van der Waals surface area contributed by atoms with Crippen LogP contribution in [0.25, 0.3) is 11.1 Å². The summed E-state index contributed by atoms with van der Waals surface area (Å²) in [5.41, 5.74) is 3.03. The van der Waals surface area contributed by atoms with Crippen molar-refractivity contribution in [3.05, 3.63) is 72.5 Å². The summed E-state index contributed by atoms with van der Waals surface area (Å²) in [7, 11) is 1.69. The minimum absolute atomic E-state index is 0.139. The van der Waals surface area contributed by atoms with E-state index >= 15 is 0 Å². The molecule has 0 bridgehead atoms. The van der Waals surface area contributed by atoms with Gasteiger partial charge in [0.1, 0.15) is 0 Å². The minimum atomic E-state index is -0.297. The highest BCUT2D eigenvalue weighted by Gasteiger charge is 2.44. The zero-order valence-electron chi connectivity index (χ0n) is 17.3. The summed E-state index contributed by atoms with van der Waals surface area (Å²) in [6.07, 6.45) is 18.0. The molecule has 2 unspecified atom stereocenters. The fourth-order valence-corrected chi connectivity index (χ4v) is 5.34. The summed E-state index contributed by atoms with van der Waals surface area (Å²) in [6.45, 7) is 0.139. The zero-order chi connectivity index (χ0) is 20.1. The van der Waals surface area contributed by atoms with Gasteiger partial charge >= 0.3 is 0 Å². The summed E-state index contributed by atoms with van der Waals surface area (Å²) in [4.78, 5) is 4.69. The lowest BCUT2D eigenvalue weighted by Gasteiger charge is -2.44. The van der Waals surface area contributed by atoms with Gasteiger partial charge in [-0.15, -0.1) is 0 Å². The fraction of sp³-hybridized carbons (Fsp3) is 0.423. The van der Waals surface area contributed by atoms with E-state index in [2.05, 4.69) is 54.6 Å². The first-order valence-electron chi connectivity index (χ1n) is 10.9. The van der Waals surface area contributed by atoms with Gasteiger partial charge in [0.05, 0.1) is 7.11 Å². The SMILES string of the molecule is COc1ncc(-c2ccccc2)cc1C1(CCO)C=CC=CC1C1CCCCC1. The molecule has 1 fully saturated rings. The van der Waals surface area contributed by atoms with E-state index in [1.54, 1.807) is 7.11 Å². The third-order valence-electron chi connectivity index (χ3n) is 6.75. The molecule has 1 saturated carbocycles. The van der Waals surface area contributed by atoms with Crippen LogP contribution in [-0.4, -0.2) is 23.8 Å². The highest BCUT2D eigenvalue weighted by Crippen LogP contribution is 2.50. The molecule has 1 aromatic heterocycles. The fourth-order valence-electron chi connectivity index (χ4n) is 5.34. The van der Waals surface area contributed by atoms with Crippen molar-refractivity contribution in [2.24, 2.45) is 11.8 Å². The van der Waals surface area contributed by atoms with E-state index in [1.807, 2.05) is 12.3 Å². The van der Waals surface area contributed by atoms with Crippen LogP contribution in [0, 0.1) is 11.8 Å². The molecule has 0 radical (unpaired) electrons. The third kappa shape index (κ3) is 3.89. The van der Waals surface area contributed by atoms with Gasteiger partial charge in [0.25, 0.3) is 0 Å². The van der Waals surface area contributed by atoms with Crippen molar-refractivity contribution >= 4 is 0 Å². The van der Waals surface area contributed by atoms with Gasteiger partial charge < -0.3 is 9.84 Å². The van der Waals surface area contributed by atoms with Crippen molar-refractivity contribution in [3.8, 4) is 17.0 Å². The number of hydrogen-bond acceptors (Lipinski definition) is 3. The molecular formula is C26H31NO2. The Morgan fingerprint density at radius 1 is 1.07 bits per heavy atom. The molecule has 2 aliphatic carbocycles. The van der Waals surface area contributed by atoms with Crippen molar-refractivity contribution in [3.63, 3.8) is 0 Å². The lowest BCUT2D eigenvalue weighted by molar-refractivity contribution is 0.170. The first kappa shape index (κ1) is 19.9. The lowest BCUT2D eigenvalue weighted by atomic mass is 9.59. The lowest BCUT2D eigenvalue weighted by Crippen LogP contribution is -2.40. The predicted molar refractivity (Wildman–Crippen MR) is 118 cm³/mol. The number of benzene rings is 1. The van der Waals surface area contributed by atoms with Gasteiger partial charge in [0.2, 0.25) is 5.88 Å². The topological polar surface area (TPSA) is 42.4 Å². The largest absolute Gasteiger partial charge is 0.481 e. The molecule has 0 spiro atoms. The van der Waals surface area contributed by atoms with Crippen molar-refractivity contribution in [1.82, 2.24) is 4.98 Å². The number of aromatic nitrogens is 1. The van der Waals surface area contributed by atoms with Gasteiger partial charge in [-0.05, 0) is 42.7 Å². The molecule has 1 N–H and O–H groups in total. The van der Waals surface area contributed by atoms with Crippen LogP contribution in [-0.2, 0) is 5.41 Å². The first-order chi connectivity index (χ1) is 14.3. The molecule has 4 rings (SSSR count).